The van der Waals surface area contributed by atoms with Crippen molar-refractivity contribution in [1.29, 1.82) is 0 Å². The first kappa shape index (κ1) is 33.8. The highest BCUT2D eigenvalue weighted by molar-refractivity contribution is 7.88. The SMILES string of the molecule is O=C(CNC(=O)C(CCC1CCNCC1)CCC1CCNCC1)NCC(NS(=O)(=O)Cc1ccc2ccccc2c1)C(=O)O. The summed E-state index contributed by atoms with van der Waals surface area (Å²) in [7, 11) is -4.02. The molecule has 0 spiro atoms. The molecule has 242 valence electrons. The Hall–Kier alpha value is -3.06. The lowest BCUT2D eigenvalue weighted by Crippen LogP contribution is -2.50. The predicted molar refractivity (Wildman–Crippen MR) is 170 cm³/mol. The van der Waals surface area contributed by atoms with Crippen LogP contribution in [0.2, 0.25) is 0 Å². The zero-order chi connectivity index (χ0) is 31.4. The highest BCUT2D eigenvalue weighted by Gasteiger charge is 2.26. The first-order valence-corrected chi connectivity index (χ1v) is 17.5. The summed E-state index contributed by atoms with van der Waals surface area (Å²) in [6, 6.07) is 11.2. The molecule has 4 rings (SSSR count). The van der Waals surface area contributed by atoms with E-state index in [-0.39, 0.29) is 18.4 Å². The highest BCUT2D eigenvalue weighted by Crippen LogP contribution is 2.27. The Morgan fingerprint density at radius 2 is 1.43 bits per heavy atom. The van der Waals surface area contributed by atoms with E-state index in [4.69, 9.17) is 0 Å². The van der Waals surface area contributed by atoms with Crippen LogP contribution in [0.4, 0.5) is 0 Å². The van der Waals surface area contributed by atoms with Crippen LogP contribution in [0.3, 0.4) is 0 Å². The van der Waals surface area contributed by atoms with Gasteiger partial charge in [-0.05, 0) is 106 Å². The second-order valence-electron chi connectivity index (χ2n) is 12.2. The molecule has 0 bridgehead atoms. The molecule has 0 saturated carbocycles. The van der Waals surface area contributed by atoms with Crippen LogP contribution in [0.15, 0.2) is 42.5 Å². The number of fused-ring (bicyclic) bond motifs is 1. The Kier molecular flexibility index (Phi) is 13.0. The average Bonchev–Trinajstić information content (AvgIpc) is 3.02. The molecule has 0 aromatic heterocycles. The van der Waals surface area contributed by atoms with E-state index in [0.717, 1.165) is 88.3 Å². The van der Waals surface area contributed by atoms with Gasteiger partial charge in [0.05, 0.1) is 12.3 Å². The molecule has 6 N–H and O–H groups in total. The van der Waals surface area contributed by atoms with Gasteiger partial charge in [0.25, 0.3) is 0 Å². The average molecular weight is 630 g/mol. The quantitative estimate of drug-likeness (QED) is 0.164. The first-order valence-electron chi connectivity index (χ1n) is 15.8. The number of amides is 2. The lowest BCUT2D eigenvalue weighted by atomic mass is 9.84. The summed E-state index contributed by atoms with van der Waals surface area (Å²) in [5.74, 6) is -1.52. The number of carbonyl (C=O) groups is 3. The molecule has 2 aromatic carbocycles. The molecule has 2 heterocycles. The molecule has 2 aliphatic heterocycles. The highest BCUT2D eigenvalue weighted by atomic mass is 32.2. The van der Waals surface area contributed by atoms with Gasteiger partial charge in [0.2, 0.25) is 21.8 Å². The largest absolute Gasteiger partial charge is 0.480 e. The summed E-state index contributed by atoms with van der Waals surface area (Å²) < 4.78 is 27.8. The van der Waals surface area contributed by atoms with E-state index in [1.54, 1.807) is 12.1 Å². The number of rotatable bonds is 16. The molecule has 0 radical (unpaired) electrons. The van der Waals surface area contributed by atoms with Crippen molar-refractivity contribution in [3.8, 4) is 0 Å². The van der Waals surface area contributed by atoms with Crippen LogP contribution in [0.5, 0.6) is 0 Å². The molecular weight excluding hydrogens is 582 g/mol. The molecule has 2 amide bonds. The summed E-state index contributed by atoms with van der Waals surface area (Å²) in [4.78, 5) is 37.6. The molecule has 12 heteroatoms. The number of hydrogen-bond donors (Lipinski definition) is 6. The van der Waals surface area contributed by atoms with Crippen LogP contribution in [-0.2, 0) is 30.2 Å². The second kappa shape index (κ2) is 16.9. The van der Waals surface area contributed by atoms with E-state index >= 15 is 0 Å². The van der Waals surface area contributed by atoms with E-state index < -0.39 is 40.2 Å². The Morgan fingerprint density at radius 1 is 0.841 bits per heavy atom. The molecule has 2 saturated heterocycles. The zero-order valence-corrected chi connectivity index (χ0v) is 26.2. The van der Waals surface area contributed by atoms with Gasteiger partial charge in [-0.2, -0.15) is 4.72 Å². The normalized spacial score (nSPS) is 17.4. The Bertz CT molecular complexity index is 1340. The van der Waals surface area contributed by atoms with E-state index in [0.29, 0.717) is 17.4 Å². The van der Waals surface area contributed by atoms with Crippen molar-refractivity contribution < 1.29 is 27.9 Å². The van der Waals surface area contributed by atoms with Gasteiger partial charge in [-0.15, -0.1) is 0 Å². The molecule has 2 aliphatic rings. The molecular formula is C32H47N5O6S. The molecule has 44 heavy (non-hydrogen) atoms. The van der Waals surface area contributed by atoms with Crippen LogP contribution in [-0.4, -0.2) is 76.6 Å². The molecule has 11 nitrogen and oxygen atoms in total. The van der Waals surface area contributed by atoms with E-state index in [1.165, 1.54) is 0 Å². The molecule has 0 aliphatic carbocycles. The number of carboxylic acid groups (broad SMARTS) is 1. The number of nitrogens with one attached hydrogen (secondary N) is 5. The van der Waals surface area contributed by atoms with Crippen LogP contribution in [0.25, 0.3) is 10.8 Å². The topological polar surface area (TPSA) is 166 Å². The third-order valence-electron chi connectivity index (χ3n) is 8.85. The van der Waals surface area contributed by atoms with Gasteiger partial charge in [0.15, 0.2) is 0 Å². The van der Waals surface area contributed by atoms with Crippen LogP contribution in [0.1, 0.15) is 56.9 Å². The van der Waals surface area contributed by atoms with Crippen molar-refractivity contribution in [2.45, 2.75) is 63.2 Å². The fraction of sp³-hybridized carbons (Fsp3) is 0.594. The summed E-state index contributed by atoms with van der Waals surface area (Å²) in [5.41, 5.74) is 0.516. The maximum atomic E-state index is 13.2. The van der Waals surface area contributed by atoms with E-state index in [9.17, 15) is 27.9 Å². The number of carboxylic acids is 1. The van der Waals surface area contributed by atoms with E-state index in [2.05, 4.69) is 26.0 Å². The number of aliphatic carboxylic acids is 1. The fourth-order valence-electron chi connectivity index (χ4n) is 6.20. The Morgan fingerprint density at radius 3 is 2.02 bits per heavy atom. The summed E-state index contributed by atoms with van der Waals surface area (Å²) in [6.45, 7) is 3.28. The van der Waals surface area contributed by atoms with Crippen molar-refractivity contribution >= 4 is 38.6 Å². The third-order valence-corrected chi connectivity index (χ3v) is 10.2. The zero-order valence-electron chi connectivity index (χ0n) is 25.4. The number of carbonyl (C=O) groups excluding carboxylic acids is 2. The lowest BCUT2D eigenvalue weighted by molar-refractivity contribution is -0.139. The number of hydrogen-bond acceptors (Lipinski definition) is 7. The van der Waals surface area contributed by atoms with E-state index in [1.807, 2.05) is 30.3 Å². The van der Waals surface area contributed by atoms with Gasteiger partial charge < -0.3 is 26.4 Å². The van der Waals surface area contributed by atoms with Gasteiger partial charge in [-0.3, -0.25) is 14.4 Å². The molecule has 1 unspecified atom stereocenters. The molecule has 2 fully saturated rings. The van der Waals surface area contributed by atoms with Crippen molar-refractivity contribution in [2.75, 3.05) is 39.3 Å². The maximum absolute atomic E-state index is 13.2. The minimum atomic E-state index is -4.02. The van der Waals surface area contributed by atoms with Gasteiger partial charge in [-0.25, -0.2) is 8.42 Å². The van der Waals surface area contributed by atoms with Crippen LogP contribution in [0, 0.1) is 17.8 Å². The predicted octanol–water partition coefficient (Wildman–Crippen LogP) is 2.12. The summed E-state index contributed by atoms with van der Waals surface area (Å²) in [6.07, 6.45) is 7.98. The van der Waals surface area contributed by atoms with Gasteiger partial charge >= 0.3 is 5.97 Å². The molecule has 1 atom stereocenters. The summed E-state index contributed by atoms with van der Waals surface area (Å²) in [5, 5.41) is 23.4. The van der Waals surface area contributed by atoms with Gasteiger partial charge in [-0.1, -0.05) is 42.5 Å². The van der Waals surface area contributed by atoms with Crippen molar-refractivity contribution in [3.05, 3.63) is 48.0 Å². The number of benzene rings is 2. The molecule has 2 aromatic rings. The Labute approximate surface area is 260 Å². The Balaban J connectivity index is 1.25. The van der Waals surface area contributed by atoms with Crippen molar-refractivity contribution in [3.63, 3.8) is 0 Å². The van der Waals surface area contributed by atoms with Gasteiger partial charge in [0.1, 0.15) is 6.04 Å². The monoisotopic (exact) mass is 629 g/mol. The third kappa shape index (κ3) is 11.1. The lowest BCUT2D eigenvalue weighted by Gasteiger charge is -2.27. The van der Waals surface area contributed by atoms with Crippen molar-refractivity contribution in [2.24, 2.45) is 17.8 Å². The summed E-state index contributed by atoms with van der Waals surface area (Å²) >= 11 is 0. The van der Waals surface area contributed by atoms with Crippen molar-refractivity contribution in [1.82, 2.24) is 26.0 Å². The standard InChI is InChI=1S/C32H47N5O6S/c38-30(21-36-31(39)27(9-5-23-11-15-33-16-12-23)10-6-24-13-17-34-18-14-24)35-20-29(32(40)41)37-44(42,43)22-25-7-8-26-3-1-2-4-28(26)19-25/h1-4,7-8,19,23-24,27,29,33-34,37H,5-6,9-18,20-22H2,(H,35,38)(H,36,39)(H,40,41). The minimum Gasteiger partial charge on any atom is -0.480 e. The fourth-order valence-corrected chi connectivity index (χ4v) is 7.52. The van der Waals surface area contributed by atoms with Gasteiger partial charge in [0, 0.05) is 12.5 Å². The number of piperidine rings is 2. The maximum Gasteiger partial charge on any atom is 0.323 e. The smallest absolute Gasteiger partial charge is 0.323 e. The van der Waals surface area contributed by atoms with Crippen LogP contribution >= 0.6 is 0 Å². The second-order valence-corrected chi connectivity index (χ2v) is 14.0. The first-order chi connectivity index (χ1) is 21.2. The minimum absolute atomic E-state index is 0.158. The number of sulfonamides is 1. The van der Waals surface area contributed by atoms with Crippen LogP contribution < -0.4 is 26.0 Å².